The number of carbonyl (C=O) groups excluding carboxylic acids is 1. The number of amides is 1. The fourth-order valence-corrected chi connectivity index (χ4v) is 4.30. The van der Waals surface area contributed by atoms with Crippen molar-refractivity contribution in [1.82, 2.24) is 4.57 Å². The molecule has 0 aliphatic heterocycles. The lowest BCUT2D eigenvalue weighted by Crippen LogP contribution is -2.27. The van der Waals surface area contributed by atoms with Gasteiger partial charge in [0.05, 0.1) is 26.9 Å². The maximum atomic E-state index is 12.7. The Hall–Kier alpha value is -2.35. The van der Waals surface area contributed by atoms with Crippen molar-refractivity contribution < 1.29 is 19.4 Å². The van der Waals surface area contributed by atoms with Gasteiger partial charge in [-0.1, -0.05) is 41.5 Å². The van der Waals surface area contributed by atoms with Crippen LogP contribution in [0.1, 0.15) is 36.7 Å². The number of aliphatic carboxylic acids is 1. The summed E-state index contributed by atoms with van der Waals surface area (Å²) in [6, 6.07) is 9.00. The van der Waals surface area contributed by atoms with E-state index >= 15 is 0 Å². The molecule has 1 heterocycles. The van der Waals surface area contributed by atoms with E-state index in [0.29, 0.717) is 34.1 Å². The molecule has 9 heteroatoms. The van der Waals surface area contributed by atoms with Crippen LogP contribution in [0.4, 0.5) is 0 Å². The Morgan fingerprint density at radius 3 is 2.55 bits per heavy atom. The number of halogens is 2. The average molecular weight is 453 g/mol. The van der Waals surface area contributed by atoms with E-state index in [9.17, 15) is 14.7 Å². The Bertz CT molecular complexity index is 1150. The number of carboxylic acid groups (broad SMARTS) is 1. The van der Waals surface area contributed by atoms with Crippen molar-refractivity contribution in [3.8, 4) is 5.75 Å². The first-order valence-electron chi connectivity index (χ1n) is 8.90. The zero-order chi connectivity index (χ0) is 21.1. The number of thiazole rings is 1. The fourth-order valence-electron chi connectivity index (χ4n) is 2.91. The van der Waals surface area contributed by atoms with E-state index in [-0.39, 0.29) is 10.6 Å². The molecule has 0 bridgehead atoms. The first-order chi connectivity index (χ1) is 13.8. The molecule has 0 aliphatic rings. The minimum Gasteiger partial charge on any atom is -0.494 e. The van der Waals surface area contributed by atoms with Gasteiger partial charge in [0.25, 0.3) is 5.91 Å². The van der Waals surface area contributed by atoms with Gasteiger partial charge in [0.1, 0.15) is 11.8 Å². The number of ether oxygens (including phenoxy) is 1. The van der Waals surface area contributed by atoms with Gasteiger partial charge in [0.2, 0.25) is 0 Å². The van der Waals surface area contributed by atoms with Crippen LogP contribution >= 0.6 is 34.5 Å². The summed E-state index contributed by atoms with van der Waals surface area (Å²) in [5.41, 5.74) is 0.940. The highest BCUT2D eigenvalue weighted by molar-refractivity contribution is 7.16. The third kappa shape index (κ3) is 4.47. The largest absolute Gasteiger partial charge is 0.494 e. The Morgan fingerprint density at radius 1 is 1.17 bits per heavy atom. The zero-order valence-corrected chi connectivity index (χ0v) is 18.0. The highest BCUT2D eigenvalue weighted by atomic mass is 35.5. The minimum atomic E-state index is -0.996. The number of hydrogen-bond donors (Lipinski definition) is 1. The molecular weight excluding hydrogens is 435 g/mol. The normalized spacial score (nSPS) is 12.9. The number of carboxylic acids is 1. The molecule has 152 valence electrons. The molecule has 0 radical (unpaired) electrons. The Kier molecular flexibility index (Phi) is 6.62. The van der Waals surface area contributed by atoms with Crippen LogP contribution < -0.4 is 9.54 Å². The maximum absolute atomic E-state index is 12.7. The Morgan fingerprint density at radius 2 is 1.93 bits per heavy atom. The van der Waals surface area contributed by atoms with Crippen molar-refractivity contribution in [1.29, 1.82) is 0 Å². The van der Waals surface area contributed by atoms with Gasteiger partial charge >= 0.3 is 5.97 Å². The van der Waals surface area contributed by atoms with Crippen LogP contribution in [-0.4, -0.2) is 28.2 Å². The van der Waals surface area contributed by atoms with E-state index < -0.39 is 17.9 Å². The third-order valence-electron chi connectivity index (χ3n) is 4.26. The molecule has 1 N–H and O–H groups in total. The first-order valence-corrected chi connectivity index (χ1v) is 10.5. The molecule has 0 aliphatic carbocycles. The van der Waals surface area contributed by atoms with Crippen molar-refractivity contribution in [2.24, 2.45) is 4.99 Å². The second kappa shape index (κ2) is 8.98. The van der Waals surface area contributed by atoms with Crippen LogP contribution in [-0.2, 0) is 4.79 Å². The summed E-state index contributed by atoms with van der Waals surface area (Å²) in [5, 5.41) is 10.3. The van der Waals surface area contributed by atoms with Crippen LogP contribution in [0.2, 0.25) is 10.0 Å². The monoisotopic (exact) mass is 452 g/mol. The molecule has 1 atom stereocenters. The minimum absolute atomic E-state index is 0.246. The van der Waals surface area contributed by atoms with Gasteiger partial charge in [-0.2, -0.15) is 4.99 Å². The molecule has 29 heavy (non-hydrogen) atoms. The summed E-state index contributed by atoms with van der Waals surface area (Å²) in [7, 11) is 0. The van der Waals surface area contributed by atoms with E-state index in [1.165, 1.54) is 29.5 Å². The third-order valence-corrected chi connectivity index (χ3v) is 6.01. The molecule has 0 saturated heterocycles. The summed E-state index contributed by atoms with van der Waals surface area (Å²) < 4.78 is 7.88. The molecular formula is C20H18Cl2N2O4S. The molecule has 1 amide bonds. The predicted molar refractivity (Wildman–Crippen MR) is 114 cm³/mol. The lowest BCUT2D eigenvalue weighted by atomic mass is 10.2. The number of carbonyl (C=O) groups is 2. The lowest BCUT2D eigenvalue weighted by Gasteiger charge is -2.13. The summed E-state index contributed by atoms with van der Waals surface area (Å²) in [6.07, 6.45) is 0.336. The quantitative estimate of drug-likeness (QED) is 0.558. The predicted octanol–water partition coefficient (Wildman–Crippen LogP) is 5.19. The van der Waals surface area contributed by atoms with Crippen LogP contribution in [0.5, 0.6) is 5.75 Å². The van der Waals surface area contributed by atoms with Gasteiger partial charge in [-0.05, 0) is 49.7 Å². The lowest BCUT2D eigenvalue weighted by molar-refractivity contribution is -0.140. The highest BCUT2D eigenvalue weighted by Gasteiger charge is 2.22. The Labute approximate surface area is 181 Å². The first kappa shape index (κ1) is 21.4. The SMILES string of the molecule is CCOc1ccc2c(c1)s/c(=N\C(=O)c1ccc(Cl)c(Cl)c1)n2C(CC)C(=O)O. The van der Waals surface area contributed by atoms with Gasteiger partial charge in [-0.25, -0.2) is 4.79 Å². The number of hydrogen-bond acceptors (Lipinski definition) is 4. The molecule has 1 unspecified atom stereocenters. The standard InChI is InChI=1S/C20H18Cl2N2O4S/c1-3-15(19(26)27)24-16-8-6-12(28-4-2)10-17(16)29-20(24)23-18(25)11-5-7-13(21)14(22)9-11/h5-10,15H,3-4H2,1-2H3,(H,26,27)/b23-20-. The molecule has 0 saturated carbocycles. The zero-order valence-electron chi connectivity index (χ0n) is 15.7. The molecule has 2 aromatic carbocycles. The second-order valence-corrected chi connectivity index (χ2v) is 7.95. The topological polar surface area (TPSA) is 80.9 Å². The average Bonchev–Trinajstić information content (AvgIpc) is 3.01. The number of aromatic nitrogens is 1. The van der Waals surface area contributed by atoms with Crippen molar-refractivity contribution in [2.45, 2.75) is 26.3 Å². The molecule has 0 spiro atoms. The van der Waals surface area contributed by atoms with E-state index in [0.717, 1.165) is 4.70 Å². The smallest absolute Gasteiger partial charge is 0.326 e. The molecule has 1 aromatic heterocycles. The van der Waals surface area contributed by atoms with Crippen LogP contribution in [0.25, 0.3) is 10.2 Å². The van der Waals surface area contributed by atoms with Crippen molar-refractivity contribution in [3.63, 3.8) is 0 Å². The van der Waals surface area contributed by atoms with Crippen LogP contribution in [0.15, 0.2) is 41.4 Å². The molecule has 6 nitrogen and oxygen atoms in total. The summed E-state index contributed by atoms with van der Waals surface area (Å²) in [4.78, 5) is 29.0. The number of fused-ring (bicyclic) bond motifs is 1. The van der Waals surface area contributed by atoms with E-state index in [1.807, 2.05) is 13.0 Å². The maximum Gasteiger partial charge on any atom is 0.326 e. The van der Waals surface area contributed by atoms with Gasteiger partial charge in [-0.3, -0.25) is 4.79 Å². The molecule has 0 fully saturated rings. The number of benzene rings is 2. The van der Waals surface area contributed by atoms with Crippen molar-refractivity contribution in [2.75, 3.05) is 6.61 Å². The van der Waals surface area contributed by atoms with Gasteiger partial charge < -0.3 is 14.4 Å². The fraction of sp³-hybridized carbons (Fsp3) is 0.250. The van der Waals surface area contributed by atoms with Crippen LogP contribution in [0, 0.1) is 0 Å². The molecule has 3 aromatic rings. The summed E-state index contributed by atoms with van der Waals surface area (Å²) in [6.45, 7) is 4.16. The molecule has 3 rings (SSSR count). The number of rotatable bonds is 6. The van der Waals surface area contributed by atoms with Gasteiger partial charge in [0.15, 0.2) is 4.80 Å². The summed E-state index contributed by atoms with van der Waals surface area (Å²) >= 11 is 13.1. The Balaban J connectivity index is 2.20. The van der Waals surface area contributed by atoms with Crippen molar-refractivity contribution >= 4 is 56.6 Å². The van der Waals surface area contributed by atoms with Gasteiger partial charge in [0, 0.05) is 5.56 Å². The second-order valence-electron chi connectivity index (χ2n) is 6.13. The highest BCUT2D eigenvalue weighted by Crippen LogP contribution is 2.27. The summed E-state index contributed by atoms with van der Waals surface area (Å²) in [5.74, 6) is -0.863. The number of nitrogens with zero attached hydrogens (tertiary/aromatic N) is 2. The van der Waals surface area contributed by atoms with E-state index in [2.05, 4.69) is 4.99 Å². The van der Waals surface area contributed by atoms with Gasteiger partial charge in [-0.15, -0.1) is 0 Å². The van der Waals surface area contributed by atoms with E-state index in [4.69, 9.17) is 27.9 Å². The van der Waals surface area contributed by atoms with Crippen LogP contribution in [0.3, 0.4) is 0 Å². The van der Waals surface area contributed by atoms with E-state index in [1.54, 1.807) is 23.6 Å². The van der Waals surface area contributed by atoms with Crippen molar-refractivity contribution in [3.05, 3.63) is 56.8 Å².